The maximum atomic E-state index is 12.9. The van der Waals surface area contributed by atoms with E-state index in [2.05, 4.69) is 21.2 Å². The van der Waals surface area contributed by atoms with Crippen LogP contribution < -0.4 is 30.3 Å². The summed E-state index contributed by atoms with van der Waals surface area (Å²) in [4.78, 5) is 50.6. The van der Waals surface area contributed by atoms with Gasteiger partial charge in [0.2, 0.25) is 0 Å². The van der Waals surface area contributed by atoms with Crippen molar-refractivity contribution in [1.29, 1.82) is 0 Å². The average Bonchev–Trinajstić information content (AvgIpc) is 3.05. The van der Waals surface area contributed by atoms with Gasteiger partial charge in [0.1, 0.15) is 5.75 Å². The molecule has 3 amide bonds. The summed E-state index contributed by atoms with van der Waals surface area (Å²) in [5, 5.41) is 9.38. The van der Waals surface area contributed by atoms with E-state index in [1.54, 1.807) is 73.7 Å². The first kappa shape index (κ1) is 32.7. The maximum absolute atomic E-state index is 12.9. The van der Waals surface area contributed by atoms with Gasteiger partial charge in [0.05, 0.1) is 36.2 Å². The molecule has 3 aromatic rings. The fraction of sp³-hybridized carbons (Fsp3) is 0.324. The number of nitrogens with zero attached hydrogens (tertiary/aromatic N) is 1. The highest BCUT2D eigenvalue weighted by Crippen LogP contribution is 2.29. The molecule has 11 nitrogen and oxygen atoms in total. The number of nitrogens with one attached hydrogen (secondary N) is 3. The van der Waals surface area contributed by atoms with Gasteiger partial charge in [-0.15, -0.1) is 0 Å². The van der Waals surface area contributed by atoms with Crippen LogP contribution in [0.5, 0.6) is 17.2 Å². The van der Waals surface area contributed by atoms with Crippen LogP contribution in [0.4, 0.5) is 5.69 Å². The minimum atomic E-state index is -1.02. The number of hydrazone groups is 1. The second kappa shape index (κ2) is 16.6. The number of rotatable bonds is 12. The van der Waals surface area contributed by atoms with Crippen LogP contribution in [0.1, 0.15) is 78.7 Å². The van der Waals surface area contributed by atoms with Crippen molar-refractivity contribution in [3.05, 3.63) is 83.4 Å². The summed E-state index contributed by atoms with van der Waals surface area (Å²) in [6.45, 7) is 4.70. The molecular formula is C34H38N4O7. The Kier molecular flexibility index (Phi) is 12.1. The lowest BCUT2D eigenvalue weighted by molar-refractivity contribution is -0.136. The van der Waals surface area contributed by atoms with E-state index in [0.717, 1.165) is 38.5 Å². The minimum absolute atomic E-state index is 0.0973. The van der Waals surface area contributed by atoms with Gasteiger partial charge in [-0.1, -0.05) is 38.3 Å². The molecule has 1 aliphatic rings. The zero-order chi connectivity index (χ0) is 32.0. The third-order valence-electron chi connectivity index (χ3n) is 6.98. The van der Waals surface area contributed by atoms with Crippen molar-refractivity contribution in [3.8, 4) is 17.2 Å². The Hall–Kier alpha value is -5.19. The highest BCUT2D eigenvalue weighted by Gasteiger charge is 2.21. The van der Waals surface area contributed by atoms with Crippen LogP contribution >= 0.6 is 0 Å². The van der Waals surface area contributed by atoms with Gasteiger partial charge in [-0.2, -0.15) is 5.10 Å². The highest BCUT2D eigenvalue weighted by atomic mass is 16.6. The molecule has 4 rings (SSSR count). The van der Waals surface area contributed by atoms with E-state index in [9.17, 15) is 19.2 Å². The molecule has 236 valence electrons. The van der Waals surface area contributed by atoms with Crippen LogP contribution in [0.2, 0.25) is 0 Å². The van der Waals surface area contributed by atoms with Crippen LogP contribution in [-0.4, -0.2) is 49.2 Å². The van der Waals surface area contributed by atoms with Crippen molar-refractivity contribution >= 4 is 35.6 Å². The molecule has 0 spiro atoms. The quantitative estimate of drug-likeness (QED) is 0.0832. The number of benzene rings is 3. The van der Waals surface area contributed by atoms with Crippen LogP contribution in [-0.2, 0) is 9.59 Å². The zero-order valence-electron chi connectivity index (χ0n) is 25.5. The molecule has 0 unspecified atom stereocenters. The Labute approximate surface area is 262 Å². The fourth-order valence-electron chi connectivity index (χ4n) is 4.72. The second-order valence-corrected chi connectivity index (χ2v) is 10.4. The lowest BCUT2D eigenvalue weighted by atomic mass is 9.95. The molecule has 0 saturated heterocycles. The number of carbonyl (C=O) groups excluding carboxylic acids is 4. The van der Waals surface area contributed by atoms with Crippen molar-refractivity contribution < 1.29 is 33.4 Å². The van der Waals surface area contributed by atoms with E-state index < -0.39 is 17.8 Å². The Balaban J connectivity index is 1.34. The molecule has 0 aromatic heterocycles. The molecule has 0 bridgehead atoms. The number of para-hydroxylation sites is 1. The Morgan fingerprint density at radius 3 is 2.36 bits per heavy atom. The number of hydrogen-bond acceptors (Lipinski definition) is 8. The Morgan fingerprint density at radius 2 is 1.62 bits per heavy atom. The highest BCUT2D eigenvalue weighted by molar-refractivity contribution is 6.40. The minimum Gasteiger partial charge on any atom is -0.494 e. The van der Waals surface area contributed by atoms with Crippen LogP contribution in [0.25, 0.3) is 0 Å². The van der Waals surface area contributed by atoms with E-state index in [-0.39, 0.29) is 28.9 Å². The van der Waals surface area contributed by atoms with Crippen LogP contribution in [0, 0.1) is 0 Å². The van der Waals surface area contributed by atoms with Crippen LogP contribution in [0.15, 0.2) is 71.8 Å². The van der Waals surface area contributed by atoms with Gasteiger partial charge in [-0.05, 0) is 86.3 Å². The third kappa shape index (κ3) is 9.65. The van der Waals surface area contributed by atoms with Gasteiger partial charge in [0.15, 0.2) is 11.5 Å². The van der Waals surface area contributed by atoms with E-state index in [1.807, 2.05) is 6.92 Å². The number of esters is 1. The predicted molar refractivity (Wildman–Crippen MR) is 170 cm³/mol. The van der Waals surface area contributed by atoms with E-state index in [1.165, 1.54) is 6.21 Å². The normalized spacial score (nSPS) is 13.1. The summed E-state index contributed by atoms with van der Waals surface area (Å²) >= 11 is 0. The van der Waals surface area contributed by atoms with Gasteiger partial charge >= 0.3 is 17.8 Å². The van der Waals surface area contributed by atoms with Crippen molar-refractivity contribution in [3.63, 3.8) is 0 Å². The Morgan fingerprint density at radius 1 is 0.867 bits per heavy atom. The summed E-state index contributed by atoms with van der Waals surface area (Å²) in [7, 11) is 0. The van der Waals surface area contributed by atoms with Gasteiger partial charge in [0, 0.05) is 6.04 Å². The number of hydrogen-bond donors (Lipinski definition) is 3. The van der Waals surface area contributed by atoms with Crippen molar-refractivity contribution in [2.75, 3.05) is 18.5 Å². The Bertz CT molecular complexity index is 1520. The fourth-order valence-corrected chi connectivity index (χ4v) is 4.72. The SMILES string of the molecule is CCCOc1ccc(C(=O)Oc2ccc(/C=N/NC(=O)C(=O)Nc3ccccc3C(=O)NC3CCCCC3)cc2OCC)cc1. The van der Waals surface area contributed by atoms with Crippen LogP contribution in [0.3, 0.4) is 0 Å². The van der Waals surface area contributed by atoms with Gasteiger partial charge < -0.3 is 24.8 Å². The monoisotopic (exact) mass is 614 g/mol. The summed E-state index contributed by atoms with van der Waals surface area (Å²) < 4.78 is 16.8. The molecule has 1 fully saturated rings. The molecule has 0 atom stereocenters. The first-order valence-electron chi connectivity index (χ1n) is 15.1. The van der Waals surface area contributed by atoms with E-state index in [4.69, 9.17) is 14.2 Å². The molecule has 0 radical (unpaired) electrons. The molecule has 0 heterocycles. The number of amides is 3. The number of anilines is 1. The molecule has 1 saturated carbocycles. The molecule has 1 aliphatic carbocycles. The third-order valence-corrected chi connectivity index (χ3v) is 6.98. The summed E-state index contributed by atoms with van der Waals surface area (Å²) in [6.07, 6.45) is 7.34. The topological polar surface area (TPSA) is 144 Å². The average molecular weight is 615 g/mol. The molecule has 0 aliphatic heterocycles. The largest absolute Gasteiger partial charge is 0.494 e. The predicted octanol–water partition coefficient (Wildman–Crippen LogP) is 5.24. The van der Waals surface area contributed by atoms with Crippen molar-refractivity contribution in [2.45, 2.75) is 58.4 Å². The second-order valence-electron chi connectivity index (χ2n) is 10.4. The summed E-state index contributed by atoms with van der Waals surface area (Å²) in [5.41, 5.74) is 3.54. The first-order valence-corrected chi connectivity index (χ1v) is 15.1. The maximum Gasteiger partial charge on any atom is 0.343 e. The lowest BCUT2D eigenvalue weighted by Crippen LogP contribution is -2.37. The van der Waals surface area contributed by atoms with Crippen molar-refractivity contribution in [1.82, 2.24) is 10.7 Å². The van der Waals surface area contributed by atoms with Crippen molar-refractivity contribution in [2.24, 2.45) is 5.10 Å². The molecule has 45 heavy (non-hydrogen) atoms. The summed E-state index contributed by atoms with van der Waals surface area (Å²) in [5.74, 6) is -1.69. The van der Waals surface area contributed by atoms with Gasteiger partial charge in [-0.3, -0.25) is 14.4 Å². The first-order chi connectivity index (χ1) is 21.9. The molecule has 3 aromatic carbocycles. The molecule has 3 N–H and O–H groups in total. The number of carbonyl (C=O) groups is 4. The standard InChI is InChI=1S/C34H38N4O7/c1-3-20-44-26-17-15-24(16-18-26)34(42)45-29-19-14-23(21-30(29)43-4-2)22-35-38-33(41)32(40)37-28-13-9-8-12-27(28)31(39)36-25-10-6-5-7-11-25/h8-9,12-19,21-22,25H,3-7,10-11,20H2,1-2H3,(H,36,39)(H,37,40)(H,38,41)/b35-22+. The smallest absolute Gasteiger partial charge is 0.343 e. The van der Waals surface area contributed by atoms with Gasteiger partial charge in [-0.25, -0.2) is 10.2 Å². The summed E-state index contributed by atoms with van der Waals surface area (Å²) in [6, 6.07) is 18.0. The number of ether oxygens (including phenoxy) is 3. The van der Waals surface area contributed by atoms with E-state index >= 15 is 0 Å². The zero-order valence-corrected chi connectivity index (χ0v) is 25.5. The molecule has 11 heteroatoms. The van der Waals surface area contributed by atoms with Gasteiger partial charge in [0.25, 0.3) is 5.91 Å². The lowest BCUT2D eigenvalue weighted by Gasteiger charge is -2.23. The van der Waals surface area contributed by atoms with E-state index in [0.29, 0.717) is 35.8 Å². The molecular weight excluding hydrogens is 576 g/mol.